The summed E-state index contributed by atoms with van der Waals surface area (Å²) in [6.45, 7) is 4.40. The molecule has 0 saturated carbocycles. The van der Waals surface area contributed by atoms with Crippen LogP contribution in [0.1, 0.15) is 25.7 Å². The third kappa shape index (κ3) is 4.63. The van der Waals surface area contributed by atoms with E-state index in [0.29, 0.717) is 22.5 Å². The Labute approximate surface area is 146 Å². The Morgan fingerprint density at radius 3 is 2.65 bits per heavy atom. The molecule has 0 unspecified atom stereocenters. The van der Waals surface area contributed by atoms with Crippen molar-refractivity contribution in [3.05, 3.63) is 40.5 Å². The summed E-state index contributed by atoms with van der Waals surface area (Å²) in [6.07, 6.45) is 6.79. The van der Waals surface area contributed by atoms with Crippen molar-refractivity contribution in [1.82, 2.24) is 14.7 Å². The summed E-state index contributed by atoms with van der Waals surface area (Å²) in [7, 11) is 0. The first kappa shape index (κ1) is 16.6. The molecule has 0 radical (unpaired) electrons. The van der Waals surface area contributed by atoms with Crippen molar-refractivity contribution in [2.75, 3.05) is 26.2 Å². The number of likely N-dealkylation sites (tertiary alicyclic amines) is 1. The van der Waals surface area contributed by atoms with Crippen LogP contribution >= 0.6 is 23.2 Å². The molecule has 0 atom stereocenters. The Morgan fingerprint density at radius 2 is 1.87 bits per heavy atom. The Hall–Kier alpha value is -1.23. The standard InChI is InChI=1S/C17H21Cl2N3O/c18-15-6-5-14(13-16(15)19)22-11-7-17(20-22)23-12-4-3-10-21-8-1-2-9-21/h5-7,11,13H,1-4,8-10,12H2. The quantitative estimate of drug-likeness (QED) is 0.689. The molecule has 1 aromatic carbocycles. The van der Waals surface area contributed by atoms with Gasteiger partial charge in [-0.05, 0) is 63.5 Å². The zero-order valence-electron chi connectivity index (χ0n) is 13.0. The van der Waals surface area contributed by atoms with E-state index in [9.17, 15) is 0 Å². The van der Waals surface area contributed by atoms with Gasteiger partial charge in [0.1, 0.15) is 0 Å². The molecule has 1 saturated heterocycles. The van der Waals surface area contributed by atoms with Crippen LogP contribution in [-0.4, -0.2) is 40.9 Å². The molecule has 124 valence electrons. The van der Waals surface area contributed by atoms with Crippen molar-refractivity contribution in [1.29, 1.82) is 0 Å². The lowest BCUT2D eigenvalue weighted by Gasteiger charge is -2.13. The molecule has 2 heterocycles. The molecule has 1 aliphatic heterocycles. The maximum Gasteiger partial charge on any atom is 0.233 e. The number of hydrogen-bond acceptors (Lipinski definition) is 3. The monoisotopic (exact) mass is 353 g/mol. The molecule has 1 fully saturated rings. The second-order valence-corrected chi connectivity index (χ2v) is 6.62. The topological polar surface area (TPSA) is 30.3 Å². The molecule has 0 spiro atoms. The van der Waals surface area contributed by atoms with Crippen LogP contribution in [0.4, 0.5) is 0 Å². The molecule has 3 rings (SSSR count). The van der Waals surface area contributed by atoms with Crippen LogP contribution in [0.5, 0.6) is 5.88 Å². The molecule has 2 aromatic rings. The number of hydrogen-bond donors (Lipinski definition) is 0. The van der Waals surface area contributed by atoms with Gasteiger partial charge < -0.3 is 9.64 Å². The largest absolute Gasteiger partial charge is 0.477 e. The van der Waals surface area contributed by atoms with Crippen molar-refractivity contribution < 1.29 is 4.74 Å². The van der Waals surface area contributed by atoms with Gasteiger partial charge in [0.15, 0.2) is 0 Å². The number of benzene rings is 1. The van der Waals surface area contributed by atoms with E-state index in [-0.39, 0.29) is 0 Å². The Kier molecular flexibility index (Phi) is 5.81. The van der Waals surface area contributed by atoms with Gasteiger partial charge in [0.05, 0.1) is 22.3 Å². The van der Waals surface area contributed by atoms with Gasteiger partial charge in [-0.3, -0.25) is 0 Å². The second kappa shape index (κ2) is 8.04. The van der Waals surface area contributed by atoms with Crippen LogP contribution in [0.25, 0.3) is 5.69 Å². The first-order valence-electron chi connectivity index (χ1n) is 8.08. The van der Waals surface area contributed by atoms with Crippen molar-refractivity contribution >= 4 is 23.2 Å². The van der Waals surface area contributed by atoms with E-state index in [1.54, 1.807) is 16.8 Å². The maximum absolute atomic E-state index is 6.03. The van der Waals surface area contributed by atoms with E-state index >= 15 is 0 Å². The highest BCUT2D eigenvalue weighted by molar-refractivity contribution is 6.42. The van der Waals surface area contributed by atoms with E-state index in [4.69, 9.17) is 27.9 Å². The van der Waals surface area contributed by atoms with Gasteiger partial charge in [0, 0.05) is 12.3 Å². The average Bonchev–Trinajstić information content (AvgIpc) is 3.21. The number of halogens is 2. The minimum Gasteiger partial charge on any atom is -0.477 e. The lowest BCUT2D eigenvalue weighted by atomic mass is 10.3. The van der Waals surface area contributed by atoms with Gasteiger partial charge in [-0.15, -0.1) is 5.10 Å². The first-order valence-corrected chi connectivity index (χ1v) is 8.84. The molecule has 0 bridgehead atoms. The molecular formula is C17H21Cl2N3O. The van der Waals surface area contributed by atoms with E-state index < -0.39 is 0 Å². The highest BCUT2D eigenvalue weighted by Crippen LogP contribution is 2.24. The lowest BCUT2D eigenvalue weighted by Crippen LogP contribution is -2.20. The number of unbranched alkanes of at least 4 members (excludes halogenated alkanes) is 1. The summed E-state index contributed by atoms with van der Waals surface area (Å²) in [5.74, 6) is 0.636. The van der Waals surface area contributed by atoms with Crippen molar-refractivity contribution in [2.45, 2.75) is 25.7 Å². The Morgan fingerprint density at radius 1 is 1.04 bits per heavy atom. The number of aromatic nitrogens is 2. The average molecular weight is 354 g/mol. The fourth-order valence-corrected chi connectivity index (χ4v) is 3.07. The van der Waals surface area contributed by atoms with E-state index in [2.05, 4.69) is 10.00 Å². The van der Waals surface area contributed by atoms with E-state index in [1.165, 1.54) is 38.9 Å². The van der Waals surface area contributed by atoms with E-state index in [1.807, 2.05) is 18.3 Å². The zero-order valence-corrected chi connectivity index (χ0v) is 14.6. The molecule has 0 N–H and O–H groups in total. The third-order valence-corrected chi connectivity index (χ3v) is 4.79. The Bertz CT molecular complexity index is 639. The minimum absolute atomic E-state index is 0.518. The molecule has 1 aromatic heterocycles. The summed E-state index contributed by atoms with van der Waals surface area (Å²) in [5.41, 5.74) is 0.864. The highest BCUT2D eigenvalue weighted by atomic mass is 35.5. The van der Waals surface area contributed by atoms with Crippen molar-refractivity contribution in [3.8, 4) is 11.6 Å². The smallest absolute Gasteiger partial charge is 0.233 e. The number of ether oxygens (including phenoxy) is 1. The van der Waals surface area contributed by atoms with Gasteiger partial charge in [0.25, 0.3) is 0 Å². The highest BCUT2D eigenvalue weighted by Gasteiger charge is 2.10. The summed E-state index contributed by atoms with van der Waals surface area (Å²) in [4.78, 5) is 2.53. The summed E-state index contributed by atoms with van der Waals surface area (Å²) in [5, 5.41) is 5.47. The predicted molar refractivity (Wildman–Crippen MR) is 94.0 cm³/mol. The third-order valence-electron chi connectivity index (χ3n) is 4.05. The molecule has 0 amide bonds. The van der Waals surface area contributed by atoms with Gasteiger partial charge in [-0.25, -0.2) is 4.68 Å². The van der Waals surface area contributed by atoms with Crippen LogP contribution in [0.3, 0.4) is 0 Å². The normalized spacial score (nSPS) is 15.2. The van der Waals surface area contributed by atoms with Crippen LogP contribution in [0.15, 0.2) is 30.5 Å². The predicted octanol–water partition coefficient (Wildman–Crippen LogP) is 4.43. The SMILES string of the molecule is Clc1ccc(-n2ccc(OCCCCN3CCCC3)n2)cc1Cl. The first-order chi connectivity index (χ1) is 11.2. The van der Waals surface area contributed by atoms with Gasteiger partial charge in [-0.1, -0.05) is 23.2 Å². The van der Waals surface area contributed by atoms with Crippen LogP contribution in [-0.2, 0) is 0 Å². The fourth-order valence-electron chi connectivity index (χ4n) is 2.78. The maximum atomic E-state index is 6.03. The summed E-state index contributed by atoms with van der Waals surface area (Å²) < 4.78 is 7.46. The zero-order chi connectivity index (χ0) is 16.1. The van der Waals surface area contributed by atoms with Gasteiger partial charge in [0.2, 0.25) is 5.88 Å². The number of nitrogens with zero attached hydrogens (tertiary/aromatic N) is 3. The molecule has 23 heavy (non-hydrogen) atoms. The van der Waals surface area contributed by atoms with Crippen LogP contribution < -0.4 is 4.74 Å². The lowest BCUT2D eigenvalue weighted by molar-refractivity contribution is 0.272. The number of rotatable bonds is 7. The van der Waals surface area contributed by atoms with E-state index in [0.717, 1.165) is 12.1 Å². The van der Waals surface area contributed by atoms with Crippen LogP contribution in [0, 0.1) is 0 Å². The fraction of sp³-hybridized carbons (Fsp3) is 0.471. The van der Waals surface area contributed by atoms with Gasteiger partial charge in [-0.2, -0.15) is 0 Å². The van der Waals surface area contributed by atoms with Crippen LogP contribution in [0.2, 0.25) is 10.0 Å². The summed E-state index contributed by atoms with van der Waals surface area (Å²) >= 11 is 12.0. The minimum atomic E-state index is 0.518. The molecule has 6 heteroatoms. The molecule has 4 nitrogen and oxygen atoms in total. The summed E-state index contributed by atoms with van der Waals surface area (Å²) in [6, 6.07) is 7.29. The second-order valence-electron chi connectivity index (χ2n) is 5.80. The van der Waals surface area contributed by atoms with Gasteiger partial charge >= 0.3 is 0 Å². The Balaban J connectivity index is 1.44. The van der Waals surface area contributed by atoms with Crippen molar-refractivity contribution in [3.63, 3.8) is 0 Å². The molecular weight excluding hydrogens is 333 g/mol. The molecule has 0 aliphatic carbocycles. The van der Waals surface area contributed by atoms with Crippen molar-refractivity contribution in [2.24, 2.45) is 0 Å². The molecule has 1 aliphatic rings.